The third-order valence-corrected chi connectivity index (χ3v) is 3.77. The molecule has 0 heterocycles. The van der Waals surface area contributed by atoms with Gasteiger partial charge < -0.3 is 5.32 Å². The molecule has 0 saturated carbocycles. The zero-order chi connectivity index (χ0) is 14.1. The number of benzene rings is 1. The van der Waals surface area contributed by atoms with E-state index in [-0.39, 0.29) is 11.8 Å². The molecule has 1 unspecified atom stereocenters. The van der Waals surface area contributed by atoms with Gasteiger partial charge in [-0.1, -0.05) is 54.8 Å². The first-order valence-electron chi connectivity index (χ1n) is 7.17. The first-order valence-corrected chi connectivity index (χ1v) is 8.29. The minimum Gasteiger partial charge on any atom is -0.326 e. The summed E-state index contributed by atoms with van der Waals surface area (Å²) >= 11 is 3.43. The lowest BCUT2D eigenvalue weighted by Gasteiger charge is -2.14. The quantitative estimate of drug-likeness (QED) is 0.685. The minimum atomic E-state index is 0.141. The van der Waals surface area contributed by atoms with Gasteiger partial charge >= 0.3 is 0 Å². The molecular weight excluding hydrogens is 302 g/mol. The van der Waals surface area contributed by atoms with Crippen LogP contribution in [0.25, 0.3) is 0 Å². The van der Waals surface area contributed by atoms with Gasteiger partial charge in [-0.25, -0.2) is 0 Å². The lowest BCUT2D eigenvalue weighted by Crippen LogP contribution is -2.22. The van der Waals surface area contributed by atoms with E-state index >= 15 is 0 Å². The molecule has 106 valence electrons. The zero-order valence-corrected chi connectivity index (χ0v) is 13.5. The fourth-order valence-electron chi connectivity index (χ4n) is 2.08. The van der Waals surface area contributed by atoms with Gasteiger partial charge in [0, 0.05) is 16.9 Å². The van der Waals surface area contributed by atoms with Crippen molar-refractivity contribution in [2.75, 3.05) is 10.6 Å². The number of nitrogens with one attached hydrogen (secondary N) is 1. The fraction of sp³-hybridized carbons (Fsp3) is 0.562. The van der Waals surface area contributed by atoms with Gasteiger partial charge in [0.1, 0.15) is 0 Å². The van der Waals surface area contributed by atoms with E-state index in [9.17, 15) is 4.79 Å². The predicted octanol–water partition coefficient (Wildman–Crippen LogP) is 4.78. The van der Waals surface area contributed by atoms with Crippen molar-refractivity contribution in [3.05, 3.63) is 29.8 Å². The summed E-state index contributed by atoms with van der Waals surface area (Å²) < 4.78 is 0. The Morgan fingerprint density at radius 2 is 1.95 bits per heavy atom. The lowest BCUT2D eigenvalue weighted by molar-refractivity contribution is -0.120. The average Bonchev–Trinajstić information content (AvgIpc) is 2.42. The van der Waals surface area contributed by atoms with Crippen molar-refractivity contribution in [1.82, 2.24) is 0 Å². The molecule has 2 nitrogen and oxygen atoms in total. The molecule has 1 aromatic carbocycles. The van der Waals surface area contributed by atoms with E-state index in [0.717, 1.165) is 43.1 Å². The normalized spacial score (nSPS) is 12.2. The van der Waals surface area contributed by atoms with Gasteiger partial charge in [0.2, 0.25) is 5.91 Å². The zero-order valence-electron chi connectivity index (χ0n) is 11.9. The van der Waals surface area contributed by atoms with Crippen LogP contribution < -0.4 is 5.32 Å². The van der Waals surface area contributed by atoms with Crippen molar-refractivity contribution >= 4 is 27.5 Å². The van der Waals surface area contributed by atoms with Crippen molar-refractivity contribution in [2.24, 2.45) is 5.92 Å². The maximum Gasteiger partial charge on any atom is 0.227 e. The van der Waals surface area contributed by atoms with E-state index in [1.54, 1.807) is 0 Å². The summed E-state index contributed by atoms with van der Waals surface area (Å²) in [6.07, 6.45) is 5.18. The molecule has 0 aromatic heterocycles. The number of amides is 1. The van der Waals surface area contributed by atoms with Gasteiger partial charge in [-0.3, -0.25) is 4.79 Å². The van der Waals surface area contributed by atoms with Crippen LogP contribution in [0.4, 0.5) is 5.69 Å². The number of aryl methyl sites for hydroxylation is 1. The predicted molar refractivity (Wildman–Crippen MR) is 85.9 cm³/mol. The molecular formula is C16H24BrNO. The maximum atomic E-state index is 12.1. The molecule has 0 bridgehead atoms. The van der Waals surface area contributed by atoms with Crippen LogP contribution in [-0.4, -0.2) is 11.2 Å². The third-order valence-electron chi connectivity index (χ3n) is 3.37. The Kier molecular flexibility index (Phi) is 7.80. The number of hydrogen-bond donors (Lipinski definition) is 1. The molecule has 0 radical (unpaired) electrons. The summed E-state index contributed by atoms with van der Waals surface area (Å²) in [6.45, 7) is 4.24. The van der Waals surface area contributed by atoms with E-state index in [4.69, 9.17) is 0 Å². The molecule has 3 heteroatoms. The van der Waals surface area contributed by atoms with Crippen LogP contribution in [0.3, 0.4) is 0 Å². The van der Waals surface area contributed by atoms with Gasteiger partial charge in [-0.2, -0.15) is 0 Å². The van der Waals surface area contributed by atoms with Crippen LogP contribution in [0.2, 0.25) is 0 Å². The van der Waals surface area contributed by atoms with Crippen LogP contribution in [0, 0.1) is 5.92 Å². The van der Waals surface area contributed by atoms with Crippen LogP contribution in [-0.2, 0) is 11.2 Å². The summed E-state index contributed by atoms with van der Waals surface area (Å²) in [5.41, 5.74) is 2.19. The minimum absolute atomic E-state index is 0.141. The molecule has 0 fully saturated rings. The van der Waals surface area contributed by atoms with Crippen LogP contribution in [0.1, 0.15) is 45.1 Å². The van der Waals surface area contributed by atoms with Crippen molar-refractivity contribution in [1.29, 1.82) is 0 Å². The number of carbonyl (C=O) groups is 1. The number of rotatable bonds is 8. The highest BCUT2D eigenvalue weighted by Gasteiger charge is 2.15. The standard InChI is InChI=1S/C16H24BrNO/c1-3-5-6-14(4-2)16(19)18-15-9-7-13(8-10-15)11-12-17/h7-10,14H,3-6,11-12H2,1-2H3,(H,18,19). The van der Waals surface area contributed by atoms with Crippen LogP contribution in [0.15, 0.2) is 24.3 Å². The van der Waals surface area contributed by atoms with Crippen LogP contribution in [0.5, 0.6) is 0 Å². The third kappa shape index (κ3) is 5.77. The Morgan fingerprint density at radius 3 is 2.47 bits per heavy atom. The Hall–Kier alpha value is -0.830. The van der Waals surface area contributed by atoms with E-state index < -0.39 is 0 Å². The molecule has 1 aromatic rings. The smallest absolute Gasteiger partial charge is 0.227 e. The average molecular weight is 326 g/mol. The van der Waals surface area contributed by atoms with Crippen molar-refractivity contribution in [3.63, 3.8) is 0 Å². The summed E-state index contributed by atoms with van der Waals surface area (Å²) in [5.74, 6) is 0.298. The van der Waals surface area contributed by atoms with Gasteiger partial charge in [0.05, 0.1) is 0 Å². The van der Waals surface area contributed by atoms with E-state index in [0.29, 0.717) is 0 Å². The second-order valence-corrected chi connectivity index (χ2v) is 5.67. The topological polar surface area (TPSA) is 29.1 Å². The summed E-state index contributed by atoms with van der Waals surface area (Å²) in [7, 11) is 0. The number of unbranched alkanes of at least 4 members (excludes halogenated alkanes) is 1. The Balaban J connectivity index is 2.54. The molecule has 0 aliphatic carbocycles. The monoisotopic (exact) mass is 325 g/mol. The SMILES string of the molecule is CCCCC(CC)C(=O)Nc1ccc(CCBr)cc1. The lowest BCUT2D eigenvalue weighted by atomic mass is 9.98. The first-order chi connectivity index (χ1) is 9.21. The molecule has 1 atom stereocenters. The molecule has 0 aliphatic heterocycles. The number of halogens is 1. The maximum absolute atomic E-state index is 12.1. The number of carbonyl (C=O) groups excluding carboxylic acids is 1. The molecule has 1 amide bonds. The number of alkyl halides is 1. The van der Waals surface area contributed by atoms with E-state index in [1.165, 1.54) is 5.56 Å². The molecule has 1 N–H and O–H groups in total. The summed E-state index contributed by atoms with van der Waals surface area (Å²) in [6, 6.07) is 8.12. The summed E-state index contributed by atoms with van der Waals surface area (Å²) in [5, 5.41) is 3.99. The number of hydrogen-bond acceptors (Lipinski definition) is 1. The molecule has 0 aliphatic rings. The van der Waals surface area contributed by atoms with E-state index in [2.05, 4.69) is 47.2 Å². The first kappa shape index (κ1) is 16.2. The van der Waals surface area contributed by atoms with Crippen molar-refractivity contribution in [3.8, 4) is 0 Å². The van der Waals surface area contributed by atoms with Crippen LogP contribution >= 0.6 is 15.9 Å². The van der Waals surface area contributed by atoms with Crippen molar-refractivity contribution in [2.45, 2.75) is 46.0 Å². The highest BCUT2D eigenvalue weighted by molar-refractivity contribution is 9.09. The molecule has 1 rings (SSSR count). The molecule has 19 heavy (non-hydrogen) atoms. The Labute approximate surface area is 125 Å². The largest absolute Gasteiger partial charge is 0.326 e. The Morgan fingerprint density at radius 1 is 1.26 bits per heavy atom. The second-order valence-electron chi connectivity index (χ2n) is 4.87. The molecule has 0 spiro atoms. The number of anilines is 1. The summed E-state index contributed by atoms with van der Waals surface area (Å²) in [4.78, 5) is 12.1. The second kappa shape index (κ2) is 9.13. The highest BCUT2D eigenvalue weighted by Crippen LogP contribution is 2.17. The highest BCUT2D eigenvalue weighted by atomic mass is 79.9. The van der Waals surface area contributed by atoms with Crippen molar-refractivity contribution < 1.29 is 4.79 Å². The Bertz CT molecular complexity index is 375. The van der Waals surface area contributed by atoms with Gasteiger partial charge in [-0.15, -0.1) is 0 Å². The van der Waals surface area contributed by atoms with Gasteiger partial charge in [0.15, 0.2) is 0 Å². The fourth-order valence-corrected chi connectivity index (χ4v) is 2.54. The van der Waals surface area contributed by atoms with E-state index in [1.807, 2.05) is 12.1 Å². The molecule has 0 saturated heterocycles. The van der Waals surface area contributed by atoms with Gasteiger partial charge in [-0.05, 0) is 37.0 Å². The van der Waals surface area contributed by atoms with Gasteiger partial charge in [0.25, 0.3) is 0 Å².